The molecule has 0 radical (unpaired) electrons. The van der Waals surface area contributed by atoms with E-state index < -0.39 is 10.7 Å². The van der Waals surface area contributed by atoms with Gasteiger partial charge in [0, 0.05) is 14.1 Å². The molecule has 15 heavy (non-hydrogen) atoms. The monoisotopic (exact) mass is 208 g/mol. The van der Waals surface area contributed by atoms with Crippen molar-refractivity contribution < 1.29 is 4.92 Å². The number of nitriles is 1. The van der Waals surface area contributed by atoms with Crippen LogP contribution in [-0.4, -0.2) is 29.0 Å². The first kappa shape index (κ1) is 10.6. The summed E-state index contributed by atoms with van der Waals surface area (Å²) in [5, 5.41) is 19.2. The van der Waals surface area contributed by atoms with Crippen molar-refractivity contribution in [1.82, 2.24) is 9.97 Å². The third-order valence-electron chi connectivity index (χ3n) is 1.59. The first-order valence-electron chi connectivity index (χ1n) is 3.86. The maximum atomic E-state index is 10.5. The highest BCUT2D eigenvalue weighted by molar-refractivity contribution is 5.58. The summed E-state index contributed by atoms with van der Waals surface area (Å²) < 4.78 is 0. The van der Waals surface area contributed by atoms with Crippen molar-refractivity contribution in [3.8, 4) is 6.07 Å². The highest BCUT2D eigenvalue weighted by atomic mass is 16.6. The molecule has 0 saturated heterocycles. The van der Waals surface area contributed by atoms with Crippen LogP contribution in [0.5, 0.6) is 0 Å². The molecule has 0 aliphatic rings. The van der Waals surface area contributed by atoms with E-state index in [0.717, 1.165) is 0 Å². The van der Waals surface area contributed by atoms with Gasteiger partial charge in [-0.15, -0.1) is 0 Å². The van der Waals surface area contributed by atoms with E-state index in [2.05, 4.69) is 9.97 Å². The van der Waals surface area contributed by atoms with Crippen molar-refractivity contribution in [3.05, 3.63) is 15.8 Å². The van der Waals surface area contributed by atoms with Crippen molar-refractivity contribution in [2.75, 3.05) is 24.7 Å². The Bertz CT molecular complexity index is 450. The smallest absolute Gasteiger partial charge is 0.377 e. The van der Waals surface area contributed by atoms with Crippen molar-refractivity contribution in [3.63, 3.8) is 0 Å². The molecule has 1 aromatic heterocycles. The highest BCUT2D eigenvalue weighted by Crippen LogP contribution is 2.22. The number of anilines is 2. The van der Waals surface area contributed by atoms with E-state index >= 15 is 0 Å². The van der Waals surface area contributed by atoms with E-state index in [0.29, 0.717) is 0 Å². The molecule has 1 aromatic rings. The molecule has 0 fully saturated rings. The van der Waals surface area contributed by atoms with Crippen LogP contribution in [0, 0.1) is 21.4 Å². The van der Waals surface area contributed by atoms with Crippen LogP contribution in [0.3, 0.4) is 0 Å². The Morgan fingerprint density at radius 3 is 2.53 bits per heavy atom. The maximum absolute atomic E-state index is 10.5. The Labute approximate surface area is 85.1 Å². The van der Waals surface area contributed by atoms with E-state index in [1.165, 1.54) is 4.90 Å². The fraction of sp³-hybridized carbons (Fsp3) is 0.286. The fourth-order valence-corrected chi connectivity index (χ4v) is 0.951. The Morgan fingerprint density at radius 1 is 1.53 bits per heavy atom. The number of aromatic nitrogens is 2. The second kappa shape index (κ2) is 3.75. The molecule has 0 aromatic carbocycles. The van der Waals surface area contributed by atoms with Crippen LogP contribution in [0.25, 0.3) is 0 Å². The summed E-state index contributed by atoms with van der Waals surface area (Å²) in [6.07, 6.45) is 0. The molecular weight excluding hydrogens is 200 g/mol. The van der Waals surface area contributed by atoms with Crippen molar-refractivity contribution in [2.24, 2.45) is 0 Å². The molecule has 0 saturated carbocycles. The number of nitrogens with two attached hydrogens (primary N) is 1. The molecule has 1 rings (SSSR count). The van der Waals surface area contributed by atoms with Crippen molar-refractivity contribution >= 4 is 17.5 Å². The zero-order valence-corrected chi connectivity index (χ0v) is 8.13. The van der Waals surface area contributed by atoms with Crippen molar-refractivity contribution in [1.29, 1.82) is 5.26 Å². The number of nitro groups is 1. The second-order valence-electron chi connectivity index (χ2n) is 2.87. The minimum atomic E-state index is -0.775. The molecule has 78 valence electrons. The Balaban J connectivity index is 3.44. The van der Waals surface area contributed by atoms with Gasteiger partial charge < -0.3 is 20.7 Å². The Hall–Kier alpha value is -2.43. The standard InChI is InChI=1S/C7H8N6O2/c1-12(2)6-4(3-8)10-7(13(14)15)5(9)11-6/h1-2H3,(H2,9,11). The molecule has 0 atom stereocenters. The van der Waals surface area contributed by atoms with Crippen molar-refractivity contribution in [2.45, 2.75) is 0 Å². The lowest BCUT2D eigenvalue weighted by molar-refractivity contribution is -0.388. The number of rotatable bonds is 2. The summed E-state index contributed by atoms with van der Waals surface area (Å²) in [5.74, 6) is -0.694. The van der Waals surface area contributed by atoms with Gasteiger partial charge in [-0.2, -0.15) is 5.26 Å². The van der Waals surface area contributed by atoms with Gasteiger partial charge in [-0.05, 0) is 9.91 Å². The van der Waals surface area contributed by atoms with Gasteiger partial charge in [0.1, 0.15) is 0 Å². The molecule has 0 aliphatic heterocycles. The van der Waals surface area contributed by atoms with E-state index in [9.17, 15) is 10.1 Å². The molecule has 0 unspecified atom stereocenters. The van der Waals surface area contributed by atoms with Crippen LogP contribution in [0.4, 0.5) is 17.5 Å². The molecule has 8 nitrogen and oxygen atoms in total. The topological polar surface area (TPSA) is 122 Å². The predicted octanol–water partition coefficient (Wildman–Crippen LogP) is -0.0953. The van der Waals surface area contributed by atoms with Crippen LogP contribution in [0.1, 0.15) is 5.69 Å². The third kappa shape index (κ3) is 1.91. The number of nitrogen functional groups attached to an aromatic ring is 1. The van der Waals surface area contributed by atoms with Gasteiger partial charge in [-0.1, -0.05) is 0 Å². The van der Waals surface area contributed by atoms with Crippen LogP contribution in [0.2, 0.25) is 0 Å². The molecule has 8 heteroatoms. The molecule has 2 N–H and O–H groups in total. The number of nitrogens with zero attached hydrogens (tertiary/aromatic N) is 5. The van der Waals surface area contributed by atoms with E-state index in [1.807, 2.05) is 0 Å². The van der Waals surface area contributed by atoms with Crippen LogP contribution in [0.15, 0.2) is 0 Å². The van der Waals surface area contributed by atoms with Crippen LogP contribution < -0.4 is 10.6 Å². The van der Waals surface area contributed by atoms with Gasteiger partial charge in [0.25, 0.3) is 5.69 Å². The molecular formula is C7H8N6O2. The molecule has 1 heterocycles. The van der Waals surface area contributed by atoms with E-state index in [4.69, 9.17) is 11.0 Å². The Kier molecular flexibility index (Phi) is 2.66. The number of hydrogen-bond acceptors (Lipinski definition) is 7. The first-order valence-corrected chi connectivity index (χ1v) is 3.86. The molecule has 0 spiro atoms. The summed E-state index contributed by atoms with van der Waals surface area (Å²) in [6, 6.07) is 1.72. The fourth-order valence-electron chi connectivity index (χ4n) is 0.951. The summed E-state index contributed by atoms with van der Waals surface area (Å²) in [4.78, 5) is 18.5. The van der Waals surface area contributed by atoms with Gasteiger partial charge in [-0.3, -0.25) is 0 Å². The lowest BCUT2D eigenvalue weighted by Gasteiger charge is -2.10. The van der Waals surface area contributed by atoms with Crippen LogP contribution in [-0.2, 0) is 0 Å². The van der Waals surface area contributed by atoms with Gasteiger partial charge in [0.2, 0.25) is 5.82 Å². The highest BCUT2D eigenvalue weighted by Gasteiger charge is 2.22. The first-order chi connectivity index (χ1) is 6.97. The second-order valence-corrected chi connectivity index (χ2v) is 2.87. The summed E-state index contributed by atoms with van der Waals surface area (Å²) in [5.41, 5.74) is 5.21. The Morgan fingerprint density at radius 2 is 2.13 bits per heavy atom. The molecule has 0 amide bonds. The average Bonchev–Trinajstić information content (AvgIpc) is 2.16. The molecule has 0 bridgehead atoms. The zero-order valence-electron chi connectivity index (χ0n) is 8.13. The summed E-state index contributed by atoms with van der Waals surface area (Å²) >= 11 is 0. The van der Waals surface area contributed by atoms with Gasteiger partial charge in [0.15, 0.2) is 11.9 Å². The average molecular weight is 208 g/mol. The summed E-state index contributed by atoms with van der Waals surface area (Å²) in [6.45, 7) is 0. The van der Waals surface area contributed by atoms with Gasteiger partial charge >= 0.3 is 5.82 Å². The lowest BCUT2D eigenvalue weighted by atomic mass is 10.4. The SMILES string of the molecule is CN(C)c1nc(N)c([N+](=O)[O-])nc1C#N. The van der Waals surface area contributed by atoms with Crippen LogP contribution >= 0.6 is 0 Å². The summed E-state index contributed by atoms with van der Waals surface area (Å²) in [7, 11) is 3.27. The maximum Gasteiger partial charge on any atom is 0.407 e. The zero-order chi connectivity index (χ0) is 11.6. The van der Waals surface area contributed by atoms with E-state index in [1.54, 1.807) is 20.2 Å². The van der Waals surface area contributed by atoms with E-state index in [-0.39, 0.29) is 17.3 Å². The van der Waals surface area contributed by atoms with Gasteiger partial charge in [-0.25, -0.2) is 4.98 Å². The molecule has 0 aliphatic carbocycles. The van der Waals surface area contributed by atoms with Gasteiger partial charge in [0.05, 0.1) is 0 Å². The third-order valence-corrected chi connectivity index (χ3v) is 1.59. The quantitative estimate of drug-likeness (QED) is 0.531. The largest absolute Gasteiger partial charge is 0.407 e. The number of hydrogen-bond donors (Lipinski definition) is 1. The minimum absolute atomic E-state index is 0.124. The normalized spacial score (nSPS) is 9.40. The lowest BCUT2D eigenvalue weighted by Crippen LogP contribution is -2.15. The predicted molar refractivity (Wildman–Crippen MR) is 52.1 cm³/mol. The minimum Gasteiger partial charge on any atom is -0.377 e.